The molecule has 3 N–H and O–H groups in total. The van der Waals surface area contributed by atoms with Crippen molar-refractivity contribution < 1.29 is 19.5 Å². The van der Waals surface area contributed by atoms with Crippen molar-refractivity contribution in [1.82, 2.24) is 14.9 Å². The van der Waals surface area contributed by atoms with Crippen molar-refractivity contribution in [2.24, 2.45) is 0 Å². The second kappa shape index (κ2) is 10.5. The topological polar surface area (TPSA) is 119 Å². The van der Waals surface area contributed by atoms with Gasteiger partial charge in [-0.3, -0.25) is 14.4 Å². The van der Waals surface area contributed by atoms with Crippen LogP contribution in [0.25, 0.3) is 16.7 Å². The monoisotopic (exact) mass is 553 g/mol. The van der Waals surface area contributed by atoms with Gasteiger partial charge in [0.05, 0.1) is 10.2 Å². The minimum Gasteiger partial charge on any atom is -0.507 e. The number of benzene rings is 1. The molecule has 0 radical (unpaired) electrons. The molecule has 3 aromatic rings. The summed E-state index contributed by atoms with van der Waals surface area (Å²) in [4.78, 5) is 47.9. The number of piperazine rings is 1. The summed E-state index contributed by atoms with van der Waals surface area (Å²) in [5.74, 6) is -1.00. The third-order valence-electron chi connectivity index (χ3n) is 5.96. The van der Waals surface area contributed by atoms with Crippen LogP contribution in [0, 0.1) is 0 Å². The minimum atomic E-state index is -0.784. The molecule has 1 amide bonds. The van der Waals surface area contributed by atoms with Gasteiger partial charge in [-0.1, -0.05) is 0 Å². The zero-order valence-corrected chi connectivity index (χ0v) is 21.9. The Labute approximate surface area is 217 Å². The summed E-state index contributed by atoms with van der Waals surface area (Å²) in [6.45, 7) is 7.70. The largest absolute Gasteiger partial charge is 0.507 e. The lowest BCUT2D eigenvalue weighted by Crippen LogP contribution is -2.49. The van der Waals surface area contributed by atoms with Gasteiger partial charge in [-0.15, -0.1) is 0 Å². The van der Waals surface area contributed by atoms with Gasteiger partial charge in [-0.25, -0.2) is 4.98 Å². The first kappa shape index (κ1) is 25.4. The number of carbonyl (C=O) groups excluding carboxylic acids is 3. The number of H-pyrrole nitrogens is 1. The number of anilines is 2. The molecule has 0 spiro atoms. The van der Waals surface area contributed by atoms with Crippen molar-refractivity contribution in [2.45, 2.75) is 26.8 Å². The van der Waals surface area contributed by atoms with Crippen LogP contribution >= 0.6 is 15.9 Å². The Hall–Kier alpha value is -3.66. The van der Waals surface area contributed by atoms with Crippen molar-refractivity contribution in [2.75, 3.05) is 36.4 Å². The Morgan fingerprint density at radius 2 is 1.89 bits per heavy atom. The van der Waals surface area contributed by atoms with Crippen LogP contribution in [-0.2, 0) is 9.59 Å². The lowest BCUT2D eigenvalue weighted by atomic mass is 10.1. The van der Waals surface area contributed by atoms with Gasteiger partial charge in [0.15, 0.2) is 11.6 Å². The van der Waals surface area contributed by atoms with Crippen LogP contribution in [0.3, 0.4) is 0 Å². The summed E-state index contributed by atoms with van der Waals surface area (Å²) < 4.78 is 0.575. The average Bonchev–Trinajstić information content (AvgIpc) is 3.19. The smallest absolute Gasteiger partial charge is 0.271 e. The SMILES string of the molecule is CC(=O)C(=O)/C=C(\O)c1ccc2[nH]c(C(=O)N3CCN(c4ncccc4NC(C)C)CC3)c(Br)c2c1. The zero-order chi connectivity index (χ0) is 26.0. The third-order valence-corrected chi connectivity index (χ3v) is 6.78. The van der Waals surface area contributed by atoms with Gasteiger partial charge in [0.2, 0.25) is 5.78 Å². The molecule has 4 rings (SSSR count). The standard InChI is InChI=1S/C26H28BrN5O4/c1-15(2)29-20-5-4-8-28-25(20)31-9-11-32(12-10-31)26(36)24-23(27)18-13-17(6-7-19(18)30-24)22(35)14-21(34)16(3)33/h4-8,13-15,29-30,35H,9-12H2,1-3H3/b22-14-. The Balaban J connectivity index is 1.51. The maximum absolute atomic E-state index is 13.4. The Kier molecular flexibility index (Phi) is 7.44. The number of ketones is 2. The fraction of sp³-hybridized carbons (Fsp3) is 0.308. The van der Waals surface area contributed by atoms with Crippen LogP contribution in [0.5, 0.6) is 0 Å². The molecule has 0 atom stereocenters. The van der Waals surface area contributed by atoms with Crippen molar-refractivity contribution in [3.63, 3.8) is 0 Å². The molecule has 188 valence electrons. The van der Waals surface area contributed by atoms with E-state index in [1.165, 1.54) is 0 Å². The van der Waals surface area contributed by atoms with Gasteiger partial charge >= 0.3 is 0 Å². The van der Waals surface area contributed by atoms with Crippen molar-refractivity contribution in [3.8, 4) is 0 Å². The lowest BCUT2D eigenvalue weighted by molar-refractivity contribution is -0.132. The van der Waals surface area contributed by atoms with Crippen LogP contribution in [0.2, 0.25) is 0 Å². The van der Waals surface area contributed by atoms with Crippen LogP contribution in [-0.4, -0.2) is 69.7 Å². The molecule has 2 aromatic heterocycles. The number of aromatic nitrogens is 2. The first-order chi connectivity index (χ1) is 17.2. The fourth-order valence-corrected chi connectivity index (χ4v) is 4.72. The van der Waals surface area contributed by atoms with Gasteiger partial charge in [0, 0.05) is 67.9 Å². The lowest BCUT2D eigenvalue weighted by Gasteiger charge is -2.36. The maximum atomic E-state index is 13.4. The highest BCUT2D eigenvalue weighted by molar-refractivity contribution is 9.10. The number of halogens is 1. The van der Waals surface area contributed by atoms with Gasteiger partial charge in [0.25, 0.3) is 5.91 Å². The van der Waals surface area contributed by atoms with Crippen molar-refractivity contribution in [1.29, 1.82) is 0 Å². The normalized spacial score (nSPS) is 14.4. The molecule has 3 heterocycles. The summed E-state index contributed by atoms with van der Waals surface area (Å²) in [5.41, 5.74) is 2.46. The average molecular weight is 554 g/mol. The predicted molar refractivity (Wildman–Crippen MR) is 143 cm³/mol. The van der Waals surface area contributed by atoms with Crippen LogP contribution in [0.1, 0.15) is 36.8 Å². The molecular weight excluding hydrogens is 526 g/mol. The van der Waals surface area contributed by atoms with Gasteiger partial charge in [0.1, 0.15) is 11.5 Å². The van der Waals surface area contributed by atoms with E-state index in [-0.39, 0.29) is 17.7 Å². The summed E-state index contributed by atoms with van der Waals surface area (Å²) in [7, 11) is 0. The van der Waals surface area contributed by atoms with Crippen molar-refractivity contribution >= 4 is 61.6 Å². The molecule has 10 heteroatoms. The van der Waals surface area contributed by atoms with Gasteiger partial charge < -0.3 is 25.2 Å². The van der Waals surface area contributed by atoms with Crippen LogP contribution < -0.4 is 10.2 Å². The number of amides is 1. The summed E-state index contributed by atoms with van der Waals surface area (Å²) in [6, 6.07) is 9.20. The molecule has 1 aliphatic heterocycles. The number of fused-ring (bicyclic) bond motifs is 1. The Morgan fingerprint density at radius 1 is 1.17 bits per heavy atom. The number of rotatable bonds is 7. The molecule has 0 saturated carbocycles. The molecular formula is C26H28BrN5O4. The molecule has 0 unspecified atom stereocenters. The van der Waals surface area contributed by atoms with E-state index in [9.17, 15) is 19.5 Å². The summed E-state index contributed by atoms with van der Waals surface area (Å²) >= 11 is 3.53. The van der Waals surface area contributed by atoms with E-state index < -0.39 is 11.6 Å². The van der Waals surface area contributed by atoms with E-state index in [0.717, 1.165) is 24.5 Å². The molecule has 9 nitrogen and oxygen atoms in total. The number of aliphatic hydroxyl groups is 1. The van der Waals surface area contributed by atoms with E-state index in [2.05, 4.69) is 50.0 Å². The quantitative estimate of drug-likeness (QED) is 0.228. The fourth-order valence-electron chi connectivity index (χ4n) is 4.13. The number of carbonyl (C=O) groups is 3. The minimum absolute atomic E-state index is 0.132. The van der Waals surface area contributed by atoms with E-state index in [1.54, 1.807) is 29.3 Å². The first-order valence-corrected chi connectivity index (χ1v) is 12.5. The zero-order valence-electron chi connectivity index (χ0n) is 20.3. The summed E-state index contributed by atoms with van der Waals surface area (Å²) in [5, 5.41) is 14.4. The Morgan fingerprint density at radius 3 is 2.56 bits per heavy atom. The van der Waals surface area contributed by atoms with Crippen LogP contribution in [0.4, 0.5) is 11.5 Å². The second-order valence-electron chi connectivity index (χ2n) is 8.98. The van der Waals surface area contributed by atoms with E-state index >= 15 is 0 Å². The number of allylic oxidation sites excluding steroid dienone is 1. The number of hydrogen-bond donors (Lipinski definition) is 3. The Bertz CT molecular complexity index is 1360. The number of aliphatic hydroxyl groups excluding tert-OH is 1. The number of Topliss-reactive ketones (excluding diaryl/α,β-unsaturated/α-hetero) is 1. The number of pyridine rings is 1. The van der Waals surface area contributed by atoms with Gasteiger partial charge in [-0.05, 0) is 60.1 Å². The molecule has 36 heavy (non-hydrogen) atoms. The maximum Gasteiger partial charge on any atom is 0.271 e. The highest BCUT2D eigenvalue weighted by Crippen LogP contribution is 2.32. The van der Waals surface area contributed by atoms with Crippen LogP contribution in [0.15, 0.2) is 47.1 Å². The first-order valence-electron chi connectivity index (χ1n) is 11.7. The number of hydrogen-bond acceptors (Lipinski definition) is 7. The third kappa shape index (κ3) is 5.28. The predicted octanol–water partition coefficient (Wildman–Crippen LogP) is 4.17. The van der Waals surface area contributed by atoms with E-state index in [4.69, 9.17) is 0 Å². The highest BCUT2D eigenvalue weighted by Gasteiger charge is 2.27. The van der Waals surface area contributed by atoms with Gasteiger partial charge in [-0.2, -0.15) is 0 Å². The molecule has 0 aliphatic carbocycles. The van der Waals surface area contributed by atoms with Crippen molar-refractivity contribution in [3.05, 3.63) is 58.3 Å². The molecule has 0 bridgehead atoms. The number of aromatic amines is 1. The molecule has 1 saturated heterocycles. The van der Waals surface area contributed by atoms with E-state index in [1.807, 2.05) is 12.1 Å². The number of nitrogens with zero attached hydrogens (tertiary/aromatic N) is 3. The van der Waals surface area contributed by atoms with E-state index in [0.29, 0.717) is 52.8 Å². The molecule has 1 fully saturated rings. The molecule has 1 aliphatic rings. The summed E-state index contributed by atoms with van der Waals surface area (Å²) in [6.07, 6.45) is 2.68. The molecule has 1 aromatic carbocycles. The number of nitrogens with one attached hydrogen (secondary N) is 2. The second-order valence-corrected chi connectivity index (χ2v) is 9.77. The highest BCUT2D eigenvalue weighted by atomic mass is 79.9.